The van der Waals surface area contributed by atoms with E-state index in [0.29, 0.717) is 24.6 Å². The molecule has 2 aromatic rings. The van der Waals surface area contributed by atoms with Crippen LogP contribution in [-0.2, 0) is 0 Å². The molecule has 0 bridgehead atoms. The topological polar surface area (TPSA) is 70.2 Å². The number of nitrogens with one attached hydrogen (secondary N) is 2. The van der Waals surface area contributed by atoms with E-state index in [-0.39, 0.29) is 5.91 Å². The van der Waals surface area contributed by atoms with Crippen molar-refractivity contribution in [1.82, 2.24) is 15.3 Å². The van der Waals surface area contributed by atoms with Crippen LogP contribution in [0.5, 0.6) is 0 Å². The first kappa shape index (κ1) is 18.2. The van der Waals surface area contributed by atoms with Crippen LogP contribution in [0.2, 0.25) is 0 Å². The molecular formula is C20H27N5O. The highest BCUT2D eigenvalue weighted by atomic mass is 16.1. The van der Waals surface area contributed by atoms with E-state index < -0.39 is 0 Å². The Kier molecular flexibility index (Phi) is 5.71. The van der Waals surface area contributed by atoms with Crippen molar-refractivity contribution in [3.05, 3.63) is 46.6 Å². The third-order valence-electron chi connectivity index (χ3n) is 4.73. The second-order valence-electron chi connectivity index (χ2n) is 6.87. The Labute approximate surface area is 155 Å². The number of aromatic nitrogens is 2. The highest BCUT2D eigenvalue weighted by Crippen LogP contribution is 2.19. The van der Waals surface area contributed by atoms with Crippen molar-refractivity contribution in [3.63, 3.8) is 0 Å². The summed E-state index contributed by atoms with van der Waals surface area (Å²) in [5.74, 6) is 1.54. The monoisotopic (exact) mass is 353 g/mol. The van der Waals surface area contributed by atoms with Crippen LogP contribution < -0.4 is 15.5 Å². The van der Waals surface area contributed by atoms with Crippen LogP contribution >= 0.6 is 0 Å². The number of aryl methyl sites for hydroxylation is 3. The van der Waals surface area contributed by atoms with Crippen LogP contribution in [0.3, 0.4) is 0 Å². The van der Waals surface area contributed by atoms with Gasteiger partial charge in [-0.15, -0.1) is 0 Å². The molecular weight excluding hydrogens is 326 g/mol. The van der Waals surface area contributed by atoms with Crippen molar-refractivity contribution in [3.8, 4) is 0 Å². The molecule has 1 aromatic heterocycles. The lowest BCUT2D eigenvalue weighted by Crippen LogP contribution is -2.29. The van der Waals surface area contributed by atoms with Gasteiger partial charge in [0.05, 0.1) is 0 Å². The van der Waals surface area contributed by atoms with E-state index in [0.717, 1.165) is 30.2 Å². The van der Waals surface area contributed by atoms with Crippen LogP contribution in [0.1, 0.15) is 40.0 Å². The van der Waals surface area contributed by atoms with Crippen LogP contribution in [0.15, 0.2) is 24.3 Å². The fraction of sp³-hybridized carbons (Fsp3) is 0.450. The number of hydrogen-bond acceptors (Lipinski definition) is 5. The van der Waals surface area contributed by atoms with Gasteiger partial charge in [0.25, 0.3) is 5.91 Å². The van der Waals surface area contributed by atoms with Crippen molar-refractivity contribution in [2.75, 3.05) is 36.4 Å². The zero-order chi connectivity index (χ0) is 18.5. The van der Waals surface area contributed by atoms with E-state index in [2.05, 4.69) is 25.5 Å². The minimum Gasteiger partial charge on any atom is -0.356 e. The largest absolute Gasteiger partial charge is 0.356 e. The molecule has 1 fully saturated rings. The quantitative estimate of drug-likeness (QED) is 0.782. The predicted molar refractivity (Wildman–Crippen MR) is 105 cm³/mol. The first-order chi connectivity index (χ1) is 12.5. The van der Waals surface area contributed by atoms with E-state index in [1.165, 1.54) is 18.4 Å². The van der Waals surface area contributed by atoms with Gasteiger partial charge in [-0.25, -0.2) is 4.98 Å². The number of nitrogens with zero attached hydrogens (tertiary/aromatic N) is 3. The summed E-state index contributed by atoms with van der Waals surface area (Å²) in [6.45, 7) is 9.25. The number of anilines is 2. The van der Waals surface area contributed by atoms with Crippen LogP contribution in [-0.4, -0.2) is 42.1 Å². The molecule has 0 spiro atoms. The second-order valence-corrected chi connectivity index (χ2v) is 6.87. The molecule has 26 heavy (non-hydrogen) atoms. The van der Waals surface area contributed by atoms with Crippen molar-refractivity contribution in [2.45, 2.75) is 33.6 Å². The lowest BCUT2D eigenvalue weighted by molar-refractivity contribution is 0.0955. The summed E-state index contributed by atoms with van der Waals surface area (Å²) in [4.78, 5) is 23.6. The van der Waals surface area contributed by atoms with Crippen LogP contribution in [0.4, 0.5) is 11.8 Å². The zero-order valence-corrected chi connectivity index (χ0v) is 15.8. The Bertz CT molecular complexity index is 784. The van der Waals surface area contributed by atoms with Gasteiger partial charge in [-0.3, -0.25) is 4.79 Å². The standard InChI is InChI=1S/C20H27N5O/c1-14-6-7-17(12-15(14)2)19(26)21-8-9-22-20-23-16(3)13-18(24-20)25-10-4-5-11-25/h6-7,12-13H,4-5,8-11H2,1-3H3,(H,21,26)(H,22,23,24). The van der Waals surface area contributed by atoms with Crippen molar-refractivity contribution < 1.29 is 4.79 Å². The van der Waals surface area contributed by atoms with Gasteiger partial charge in [0, 0.05) is 43.5 Å². The molecule has 1 aliphatic rings. The van der Waals surface area contributed by atoms with Gasteiger partial charge >= 0.3 is 0 Å². The Hall–Kier alpha value is -2.63. The van der Waals surface area contributed by atoms with Gasteiger partial charge < -0.3 is 15.5 Å². The molecule has 1 saturated heterocycles. The maximum Gasteiger partial charge on any atom is 0.251 e. The summed E-state index contributed by atoms with van der Waals surface area (Å²) in [6.07, 6.45) is 2.44. The van der Waals surface area contributed by atoms with Crippen molar-refractivity contribution >= 4 is 17.7 Å². The number of carbonyl (C=O) groups excluding carboxylic acids is 1. The van der Waals surface area contributed by atoms with E-state index in [1.54, 1.807) is 0 Å². The van der Waals surface area contributed by atoms with Gasteiger partial charge in [0.2, 0.25) is 5.95 Å². The SMILES string of the molecule is Cc1cc(N2CCCC2)nc(NCCNC(=O)c2ccc(C)c(C)c2)n1. The maximum absolute atomic E-state index is 12.2. The highest BCUT2D eigenvalue weighted by Gasteiger charge is 2.15. The predicted octanol–water partition coefficient (Wildman–Crippen LogP) is 2.84. The molecule has 6 heteroatoms. The zero-order valence-electron chi connectivity index (χ0n) is 15.8. The van der Waals surface area contributed by atoms with Gasteiger partial charge in [-0.05, 0) is 56.9 Å². The lowest BCUT2D eigenvalue weighted by Gasteiger charge is -2.17. The fourth-order valence-corrected chi connectivity index (χ4v) is 3.07. The molecule has 6 nitrogen and oxygen atoms in total. The molecule has 0 aliphatic carbocycles. The normalized spacial score (nSPS) is 13.7. The van der Waals surface area contributed by atoms with Gasteiger partial charge in [-0.1, -0.05) is 6.07 Å². The van der Waals surface area contributed by atoms with Gasteiger partial charge in [-0.2, -0.15) is 4.98 Å². The molecule has 0 atom stereocenters. The minimum atomic E-state index is -0.0576. The Morgan fingerprint density at radius 2 is 1.81 bits per heavy atom. The average Bonchev–Trinajstić information content (AvgIpc) is 3.15. The lowest BCUT2D eigenvalue weighted by atomic mass is 10.1. The molecule has 1 amide bonds. The van der Waals surface area contributed by atoms with Gasteiger partial charge in [0.15, 0.2) is 0 Å². The number of benzene rings is 1. The maximum atomic E-state index is 12.2. The summed E-state index contributed by atoms with van der Waals surface area (Å²) < 4.78 is 0. The first-order valence-electron chi connectivity index (χ1n) is 9.23. The summed E-state index contributed by atoms with van der Waals surface area (Å²) in [5.41, 5.74) is 3.95. The highest BCUT2D eigenvalue weighted by molar-refractivity contribution is 5.94. The number of amides is 1. The minimum absolute atomic E-state index is 0.0576. The Morgan fingerprint density at radius 3 is 2.54 bits per heavy atom. The van der Waals surface area contributed by atoms with Crippen LogP contribution in [0, 0.1) is 20.8 Å². The summed E-state index contributed by atoms with van der Waals surface area (Å²) >= 11 is 0. The first-order valence-corrected chi connectivity index (χ1v) is 9.23. The Morgan fingerprint density at radius 1 is 1.04 bits per heavy atom. The van der Waals surface area contributed by atoms with E-state index in [1.807, 2.05) is 45.0 Å². The van der Waals surface area contributed by atoms with Gasteiger partial charge in [0.1, 0.15) is 5.82 Å². The smallest absolute Gasteiger partial charge is 0.251 e. The number of rotatable bonds is 6. The molecule has 3 rings (SSSR count). The Balaban J connectivity index is 1.51. The molecule has 0 saturated carbocycles. The summed E-state index contributed by atoms with van der Waals surface area (Å²) in [6, 6.07) is 7.78. The summed E-state index contributed by atoms with van der Waals surface area (Å²) in [5, 5.41) is 6.15. The molecule has 2 heterocycles. The number of carbonyl (C=O) groups is 1. The third-order valence-corrected chi connectivity index (χ3v) is 4.73. The van der Waals surface area contributed by atoms with Crippen molar-refractivity contribution in [1.29, 1.82) is 0 Å². The van der Waals surface area contributed by atoms with Crippen LogP contribution in [0.25, 0.3) is 0 Å². The number of hydrogen-bond donors (Lipinski definition) is 2. The molecule has 2 N–H and O–H groups in total. The van der Waals surface area contributed by atoms with E-state index in [9.17, 15) is 4.79 Å². The van der Waals surface area contributed by atoms with E-state index in [4.69, 9.17) is 0 Å². The molecule has 0 unspecified atom stereocenters. The molecule has 138 valence electrons. The fourth-order valence-electron chi connectivity index (χ4n) is 3.07. The summed E-state index contributed by atoms with van der Waals surface area (Å²) in [7, 11) is 0. The molecule has 1 aromatic carbocycles. The average molecular weight is 353 g/mol. The second kappa shape index (κ2) is 8.17. The van der Waals surface area contributed by atoms with Crippen molar-refractivity contribution in [2.24, 2.45) is 0 Å². The third kappa shape index (κ3) is 4.50. The molecule has 0 radical (unpaired) electrons. The van der Waals surface area contributed by atoms with E-state index >= 15 is 0 Å². The molecule has 1 aliphatic heterocycles.